The molecule has 20 heavy (non-hydrogen) atoms. The van der Waals surface area contributed by atoms with Gasteiger partial charge in [0.2, 0.25) is 0 Å². The first-order chi connectivity index (χ1) is 9.86. The smallest absolute Gasteiger partial charge is 0.133 e. The van der Waals surface area contributed by atoms with Crippen molar-refractivity contribution in [3.8, 4) is 0 Å². The number of hydrogen-bond donors (Lipinski definition) is 1. The zero-order valence-corrected chi connectivity index (χ0v) is 12.3. The van der Waals surface area contributed by atoms with Crippen LogP contribution in [0.4, 0.5) is 5.82 Å². The van der Waals surface area contributed by atoms with Gasteiger partial charge in [-0.1, -0.05) is 6.07 Å². The number of hydrogen-bond acceptors (Lipinski definition) is 4. The Kier molecular flexibility index (Phi) is 4.53. The van der Waals surface area contributed by atoms with E-state index in [-0.39, 0.29) is 0 Å². The predicted molar refractivity (Wildman–Crippen MR) is 81.0 cm³/mol. The van der Waals surface area contributed by atoms with Gasteiger partial charge in [0, 0.05) is 44.0 Å². The van der Waals surface area contributed by atoms with E-state index in [1.165, 1.54) is 31.2 Å². The molecule has 2 heterocycles. The maximum absolute atomic E-state index is 5.77. The Bertz CT molecular complexity index is 427. The molecule has 1 saturated heterocycles. The summed E-state index contributed by atoms with van der Waals surface area (Å²) < 4.78 is 5.77. The number of nitrogens with one attached hydrogen (secondary N) is 1. The lowest BCUT2D eigenvalue weighted by Gasteiger charge is -2.27. The average Bonchev–Trinajstić information content (AvgIpc) is 3.18. The Hall–Kier alpha value is -1.13. The highest BCUT2D eigenvalue weighted by atomic mass is 16.5. The van der Waals surface area contributed by atoms with Crippen molar-refractivity contribution >= 4 is 5.82 Å². The van der Waals surface area contributed by atoms with Crippen LogP contribution in [0.15, 0.2) is 18.3 Å². The number of rotatable bonds is 7. The fourth-order valence-corrected chi connectivity index (χ4v) is 2.79. The predicted octanol–water partition coefficient (Wildman–Crippen LogP) is 2.34. The zero-order chi connectivity index (χ0) is 13.8. The third-order valence-electron chi connectivity index (χ3n) is 4.16. The molecule has 3 rings (SSSR count). The molecular formula is C16H25N3O. The zero-order valence-electron chi connectivity index (χ0n) is 12.3. The first kappa shape index (κ1) is 13.8. The van der Waals surface area contributed by atoms with E-state index in [0.717, 1.165) is 38.1 Å². The van der Waals surface area contributed by atoms with Gasteiger partial charge in [-0.15, -0.1) is 0 Å². The molecule has 1 aliphatic heterocycles. The van der Waals surface area contributed by atoms with Gasteiger partial charge in [-0.05, 0) is 38.7 Å². The van der Waals surface area contributed by atoms with Gasteiger partial charge in [0.1, 0.15) is 5.82 Å². The van der Waals surface area contributed by atoms with E-state index in [9.17, 15) is 0 Å². The Morgan fingerprint density at radius 1 is 1.40 bits per heavy atom. The fourth-order valence-electron chi connectivity index (χ4n) is 2.79. The van der Waals surface area contributed by atoms with Crippen LogP contribution >= 0.6 is 0 Å². The van der Waals surface area contributed by atoms with Gasteiger partial charge in [-0.3, -0.25) is 0 Å². The molecule has 1 aromatic rings. The van der Waals surface area contributed by atoms with Gasteiger partial charge in [0.15, 0.2) is 0 Å². The maximum atomic E-state index is 5.77. The van der Waals surface area contributed by atoms with Crippen molar-refractivity contribution in [1.82, 2.24) is 10.3 Å². The molecular weight excluding hydrogens is 250 g/mol. The summed E-state index contributed by atoms with van der Waals surface area (Å²) in [7, 11) is 0. The second-order valence-electron chi connectivity index (χ2n) is 5.81. The minimum atomic E-state index is 0.376. The van der Waals surface area contributed by atoms with Crippen molar-refractivity contribution in [3.05, 3.63) is 23.9 Å². The summed E-state index contributed by atoms with van der Waals surface area (Å²) in [5, 5.41) is 3.59. The molecule has 0 aromatic carbocycles. The van der Waals surface area contributed by atoms with E-state index < -0.39 is 0 Å². The van der Waals surface area contributed by atoms with Crippen LogP contribution in [0, 0.1) is 0 Å². The number of nitrogens with zero attached hydrogens (tertiary/aromatic N) is 2. The minimum absolute atomic E-state index is 0.376. The maximum Gasteiger partial charge on any atom is 0.133 e. The highest BCUT2D eigenvalue weighted by Crippen LogP contribution is 2.23. The Balaban J connectivity index is 1.67. The molecule has 1 atom stereocenters. The molecule has 1 N–H and O–H groups in total. The van der Waals surface area contributed by atoms with E-state index in [4.69, 9.17) is 4.74 Å². The third-order valence-corrected chi connectivity index (χ3v) is 4.16. The lowest BCUT2D eigenvalue weighted by molar-refractivity contribution is 0.115. The molecule has 2 fully saturated rings. The van der Waals surface area contributed by atoms with Gasteiger partial charge in [-0.2, -0.15) is 0 Å². The van der Waals surface area contributed by atoms with Crippen LogP contribution in [0.25, 0.3) is 0 Å². The highest BCUT2D eigenvalue weighted by Gasteiger charge is 2.23. The molecule has 2 aliphatic rings. The summed E-state index contributed by atoms with van der Waals surface area (Å²) >= 11 is 0. The van der Waals surface area contributed by atoms with Crippen LogP contribution in [0.1, 0.15) is 38.2 Å². The summed E-state index contributed by atoms with van der Waals surface area (Å²) in [6, 6.07) is 4.96. The topological polar surface area (TPSA) is 37.4 Å². The second-order valence-corrected chi connectivity index (χ2v) is 5.81. The van der Waals surface area contributed by atoms with E-state index in [1.807, 2.05) is 12.3 Å². The van der Waals surface area contributed by atoms with E-state index in [0.29, 0.717) is 6.10 Å². The van der Waals surface area contributed by atoms with Crippen LogP contribution in [0.2, 0.25) is 0 Å². The Labute approximate surface area is 121 Å². The Morgan fingerprint density at radius 3 is 3.00 bits per heavy atom. The summed E-state index contributed by atoms with van der Waals surface area (Å²) in [6.07, 6.45) is 7.29. The van der Waals surface area contributed by atoms with E-state index >= 15 is 0 Å². The quantitative estimate of drug-likeness (QED) is 0.829. The van der Waals surface area contributed by atoms with Crippen molar-refractivity contribution in [2.24, 2.45) is 0 Å². The summed E-state index contributed by atoms with van der Waals surface area (Å²) in [5.41, 5.74) is 1.30. The fraction of sp³-hybridized carbons (Fsp3) is 0.688. The first-order valence-electron chi connectivity index (χ1n) is 7.90. The van der Waals surface area contributed by atoms with Gasteiger partial charge < -0.3 is 15.0 Å². The SMILES string of the molecule is CCN(CC1CCCO1)c1ncccc1CNC1CC1. The largest absolute Gasteiger partial charge is 0.376 e. The molecule has 110 valence electrons. The number of aromatic nitrogens is 1. The molecule has 4 nitrogen and oxygen atoms in total. The van der Waals surface area contributed by atoms with Crippen LogP contribution in [-0.2, 0) is 11.3 Å². The summed E-state index contributed by atoms with van der Waals surface area (Å²) in [5.74, 6) is 1.12. The van der Waals surface area contributed by atoms with Gasteiger partial charge >= 0.3 is 0 Å². The molecule has 1 aromatic heterocycles. The van der Waals surface area contributed by atoms with Gasteiger partial charge in [-0.25, -0.2) is 4.98 Å². The summed E-state index contributed by atoms with van der Waals surface area (Å²) in [4.78, 5) is 6.98. The van der Waals surface area contributed by atoms with E-state index in [2.05, 4.69) is 28.2 Å². The minimum Gasteiger partial charge on any atom is -0.376 e. The second kappa shape index (κ2) is 6.55. The van der Waals surface area contributed by atoms with Crippen molar-refractivity contribution < 1.29 is 4.74 Å². The standard InChI is InChI=1S/C16H25N3O/c1-2-19(12-15-6-4-10-20-15)16-13(5-3-9-17-16)11-18-14-7-8-14/h3,5,9,14-15,18H,2,4,6-8,10-12H2,1H3. The number of pyridine rings is 1. The van der Waals surface area contributed by atoms with Crippen molar-refractivity contribution in [1.29, 1.82) is 0 Å². The molecule has 1 unspecified atom stereocenters. The molecule has 1 aliphatic carbocycles. The van der Waals surface area contributed by atoms with Gasteiger partial charge in [0.25, 0.3) is 0 Å². The van der Waals surface area contributed by atoms with Crippen LogP contribution < -0.4 is 10.2 Å². The number of likely N-dealkylation sites (N-methyl/N-ethyl adjacent to an activating group) is 1. The lowest BCUT2D eigenvalue weighted by Crippen LogP contribution is -2.34. The number of anilines is 1. The number of ether oxygens (including phenoxy) is 1. The van der Waals surface area contributed by atoms with Crippen LogP contribution in [-0.4, -0.2) is 36.8 Å². The monoisotopic (exact) mass is 275 g/mol. The highest BCUT2D eigenvalue weighted by molar-refractivity contribution is 5.46. The third kappa shape index (κ3) is 3.49. The van der Waals surface area contributed by atoms with Crippen LogP contribution in [0.3, 0.4) is 0 Å². The summed E-state index contributed by atoms with van der Waals surface area (Å²) in [6.45, 7) is 5.98. The van der Waals surface area contributed by atoms with Gasteiger partial charge in [0.05, 0.1) is 6.10 Å². The Morgan fingerprint density at radius 2 is 2.30 bits per heavy atom. The van der Waals surface area contributed by atoms with E-state index in [1.54, 1.807) is 0 Å². The normalized spacial score (nSPS) is 22.1. The molecule has 1 saturated carbocycles. The van der Waals surface area contributed by atoms with Crippen LogP contribution in [0.5, 0.6) is 0 Å². The lowest BCUT2D eigenvalue weighted by atomic mass is 10.2. The van der Waals surface area contributed by atoms with Crippen molar-refractivity contribution in [2.45, 2.75) is 51.3 Å². The molecule has 0 radical (unpaired) electrons. The first-order valence-corrected chi connectivity index (χ1v) is 7.90. The molecule has 0 bridgehead atoms. The molecule has 4 heteroatoms. The van der Waals surface area contributed by atoms with Crippen molar-refractivity contribution in [3.63, 3.8) is 0 Å². The van der Waals surface area contributed by atoms with Crippen molar-refractivity contribution in [2.75, 3.05) is 24.6 Å². The average molecular weight is 275 g/mol. The molecule has 0 amide bonds. The molecule has 0 spiro atoms.